The zero-order valence-electron chi connectivity index (χ0n) is 14.0. The van der Waals surface area contributed by atoms with Crippen molar-refractivity contribution in [2.75, 3.05) is 25.0 Å². The van der Waals surface area contributed by atoms with Crippen molar-refractivity contribution < 1.29 is 26.3 Å². The number of anilines is 1. The Morgan fingerprint density at radius 3 is 2.44 bits per heavy atom. The average molecular weight is 382 g/mol. The van der Waals surface area contributed by atoms with Crippen molar-refractivity contribution in [3.8, 4) is 5.88 Å². The standard InChI is InChI=1S/C14H21F3N4O3S/c1-10(2)24-13-12(18-5-6-19-13)20-9-11-3-7-21(8-4-11)25(22,23)14(15,16)17/h5-6,10-11H,3-4,7-9H2,1-2H3,(H,18,20). The minimum Gasteiger partial charge on any atom is -0.472 e. The van der Waals surface area contributed by atoms with Crippen LogP contribution in [-0.4, -0.2) is 53.9 Å². The van der Waals surface area contributed by atoms with Gasteiger partial charge in [-0.15, -0.1) is 0 Å². The fraction of sp³-hybridized carbons (Fsp3) is 0.714. The van der Waals surface area contributed by atoms with Gasteiger partial charge in [-0.2, -0.15) is 17.5 Å². The summed E-state index contributed by atoms with van der Waals surface area (Å²) in [7, 11) is -5.24. The Labute approximate surface area is 144 Å². The second-order valence-corrected chi connectivity index (χ2v) is 7.98. The Kier molecular flexibility index (Phi) is 6.09. The number of hydrogen-bond acceptors (Lipinski definition) is 6. The summed E-state index contributed by atoms with van der Waals surface area (Å²) in [5.74, 6) is 0.852. The molecule has 0 radical (unpaired) electrons. The maximum absolute atomic E-state index is 12.6. The molecule has 0 atom stereocenters. The minimum absolute atomic E-state index is 0.0357. The van der Waals surface area contributed by atoms with Crippen LogP contribution in [-0.2, 0) is 10.0 Å². The van der Waals surface area contributed by atoms with Crippen LogP contribution in [0.2, 0.25) is 0 Å². The first-order valence-electron chi connectivity index (χ1n) is 7.89. The fourth-order valence-electron chi connectivity index (χ4n) is 2.50. The summed E-state index contributed by atoms with van der Waals surface area (Å²) in [6.07, 6.45) is 3.61. The molecule has 0 bridgehead atoms. The normalized spacial score (nSPS) is 17.7. The predicted octanol–water partition coefficient (Wildman–Crippen LogP) is 2.24. The zero-order chi connectivity index (χ0) is 18.7. The second kappa shape index (κ2) is 7.73. The number of piperidine rings is 1. The number of sulfonamides is 1. The number of nitrogens with zero attached hydrogens (tertiary/aromatic N) is 3. The van der Waals surface area contributed by atoms with E-state index in [0.29, 0.717) is 35.4 Å². The van der Waals surface area contributed by atoms with E-state index >= 15 is 0 Å². The molecule has 7 nitrogen and oxygen atoms in total. The number of ether oxygens (including phenoxy) is 1. The summed E-state index contributed by atoms with van der Waals surface area (Å²) in [6, 6.07) is 0. The molecule has 1 aromatic rings. The number of nitrogens with one attached hydrogen (secondary N) is 1. The quantitative estimate of drug-likeness (QED) is 0.812. The van der Waals surface area contributed by atoms with Gasteiger partial charge in [-0.25, -0.2) is 18.4 Å². The molecule has 0 amide bonds. The lowest BCUT2D eigenvalue weighted by Gasteiger charge is -2.31. The highest BCUT2D eigenvalue weighted by Gasteiger charge is 2.50. The van der Waals surface area contributed by atoms with Gasteiger partial charge in [-0.3, -0.25) is 0 Å². The van der Waals surface area contributed by atoms with E-state index < -0.39 is 15.5 Å². The van der Waals surface area contributed by atoms with E-state index in [0.717, 1.165) is 0 Å². The number of halogens is 3. The molecule has 1 aliphatic rings. The maximum Gasteiger partial charge on any atom is 0.511 e. The minimum atomic E-state index is -5.25. The zero-order valence-corrected chi connectivity index (χ0v) is 14.8. The lowest BCUT2D eigenvalue weighted by atomic mass is 9.98. The van der Waals surface area contributed by atoms with Crippen molar-refractivity contribution in [1.82, 2.24) is 14.3 Å². The van der Waals surface area contributed by atoms with Gasteiger partial charge < -0.3 is 10.1 Å². The molecule has 0 saturated carbocycles. The molecule has 1 aromatic heterocycles. The molecule has 2 rings (SSSR count). The molecule has 0 aromatic carbocycles. The summed E-state index contributed by atoms with van der Waals surface area (Å²) in [5, 5.41) is 3.08. The molecule has 0 unspecified atom stereocenters. The van der Waals surface area contributed by atoms with E-state index in [4.69, 9.17) is 4.74 Å². The topological polar surface area (TPSA) is 84.4 Å². The van der Waals surface area contributed by atoms with Gasteiger partial charge in [0, 0.05) is 32.0 Å². The van der Waals surface area contributed by atoms with Gasteiger partial charge in [0.25, 0.3) is 5.88 Å². The molecule has 11 heteroatoms. The van der Waals surface area contributed by atoms with Gasteiger partial charge in [0.05, 0.1) is 6.10 Å². The third-order valence-corrected chi connectivity index (χ3v) is 5.41. The van der Waals surface area contributed by atoms with Gasteiger partial charge in [0.1, 0.15) is 0 Å². The van der Waals surface area contributed by atoms with Crippen LogP contribution in [0, 0.1) is 5.92 Å². The van der Waals surface area contributed by atoms with Crippen LogP contribution in [0.15, 0.2) is 12.4 Å². The second-order valence-electron chi connectivity index (χ2n) is 6.05. The van der Waals surface area contributed by atoms with Crippen molar-refractivity contribution in [3.05, 3.63) is 12.4 Å². The van der Waals surface area contributed by atoms with E-state index in [-0.39, 0.29) is 25.1 Å². The molecule has 25 heavy (non-hydrogen) atoms. The first kappa shape index (κ1) is 19.7. The van der Waals surface area contributed by atoms with Crippen molar-refractivity contribution in [3.63, 3.8) is 0 Å². The summed E-state index contributed by atoms with van der Waals surface area (Å²) < 4.78 is 66.5. The Bertz CT molecular complexity index is 674. The molecule has 1 saturated heterocycles. The Morgan fingerprint density at radius 2 is 1.88 bits per heavy atom. The fourth-order valence-corrected chi connectivity index (χ4v) is 3.48. The van der Waals surface area contributed by atoms with Crippen molar-refractivity contribution in [2.45, 2.75) is 38.3 Å². The highest BCUT2D eigenvalue weighted by Crippen LogP contribution is 2.30. The monoisotopic (exact) mass is 382 g/mol. The van der Waals surface area contributed by atoms with E-state index in [1.807, 2.05) is 13.8 Å². The van der Waals surface area contributed by atoms with Gasteiger partial charge >= 0.3 is 15.5 Å². The lowest BCUT2D eigenvalue weighted by molar-refractivity contribution is -0.0496. The SMILES string of the molecule is CC(C)Oc1nccnc1NCC1CCN(S(=O)(=O)C(F)(F)F)CC1. The highest BCUT2D eigenvalue weighted by molar-refractivity contribution is 7.90. The lowest BCUT2D eigenvalue weighted by Crippen LogP contribution is -2.45. The molecular weight excluding hydrogens is 361 g/mol. The van der Waals surface area contributed by atoms with Crippen molar-refractivity contribution in [1.29, 1.82) is 0 Å². The van der Waals surface area contributed by atoms with Crippen LogP contribution in [0.3, 0.4) is 0 Å². The smallest absolute Gasteiger partial charge is 0.472 e. The van der Waals surface area contributed by atoms with Crippen molar-refractivity contribution >= 4 is 15.8 Å². The highest BCUT2D eigenvalue weighted by atomic mass is 32.2. The first-order chi connectivity index (χ1) is 11.6. The Balaban J connectivity index is 1.90. The molecule has 1 N–H and O–H groups in total. The van der Waals surface area contributed by atoms with Crippen LogP contribution >= 0.6 is 0 Å². The average Bonchev–Trinajstić information content (AvgIpc) is 2.53. The summed E-state index contributed by atoms with van der Waals surface area (Å²) in [5.41, 5.74) is -5.25. The molecule has 0 aliphatic carbocycles. The Morgan fingerprint density at radius 1 is 1.28 bits per heavy atom. The van der Waals surface area contributed by atoms with Crippen LogP contribution < -0.4 is 10.1 Å². The van der Waals surface area contributed by atoms with Crippen LogP contribution in [0.25, 0.3) is 0 Å². The maximum atomic E-state index is 12.6. The van der Waals surface area contributed by atoms with E-state index in [2.05, 4.69) is 15.3 Å². The number of hydrogen-bond donors (Lipinski definition) is 1. The number of aromatic nitrogens is 2. The van der Waals surface area contributed by atoms with Crippen LogP contribution in [0.4, 0.5) is 19.0 Å². The molecule has 2 heterocycles. The molecule has 0 spiro atoms. The van der Waals surface area contributed by atoms with Crippen LogP contribution in [0.5, 0.6) is 5.88 Å². The molecule has 1 fully saturated rings. The Hall–Kier alpha value is -1.62. The molecule has 1 aliphatic heterocycles. The molecule has 142 valence electrons. The van der Waals surface area contributed by atoms with Gasteiger partial charge in [0.2, 0.25) is 0 Å². The summed E-state index contributed by atoms with van der Waals surface area (Å²) >= 11 is 0. The first-order valence-corrected chi connectivity index (χ1v) is 9.33. The predicted molar refractivity (Wildman–Crippen MR) is 85.6 cm³/mol. The summed E-state index contributed by atoms with van der Waals surface area (Å²) in [6.45, 7) is 3.87. The third-order valence-electron chi connectivity index (χ3n) is 3.78. The molecular formula is C14H21F3N4O3S. The van der Waals surface area contributed by atoms with Crippen molar-refractivity contribution in [2.24, 2.45) is 5.92 Å². The van der Waals surface area contributed by atoms with Crippen LogP contribution in [0.1, 0.15) is 26.7 Å². The largest absolute Gasteiger partial charge is 0.511 e. The number of alkyl halides is 3. The van der Waals surface area contributed by atoms with Gasteiger partial charge in [-0.1, -0.05) is 0 Å². The van der Waals surface area contributed by atoms with E-state index in [1.54, 1.807) is 0 Å². The van der Waals surface area contributed by atoms with E-state index in [9.17, 15) is 21.6 Å². The van der Waals surface area contributed by atoms with E-state index in [1.165, 1.54) is 12.4 Å². The third kappa shape index (κ3) is 4.94. The van der Waals surface area contributed by atoms with Gasteiger partial charge in [-0.05, 0) is 32.6 Å². The summed E-state index contributed by atoms with van der Waals surface area (Å²) in [4.78, 5) is 8.24. The van der Waals surface area contributed by atoms with Gasteiger partial charge in [0.15, 0.2) is 5.82 Å². The number of rotatable bonds is 6.